The van der Waals surface area contributed by atoms with E-state index in [1.54, 1.807) is 0 Å². The smallest absolute Gasteiger partial charge is 0.240 e. The highest BCUT2D eigenvalue weighted by Crippen LogP contribution is 2.15. The van der Waals surface area contributed by atoms with Crippen LogP contribution in [0.2, 0.25) is 0 Å². The Morgan fingerprint density at radius 3 is 2.31 bits per heavy atom. The Hall–Kier alpha value is -0.100. The normalized spacial score (nSPS) is 14.6. The van der Waals surface area contributed by atoms with Crippen molar-refractivity contribution in [2.45, 2.75) is 31.9 Å². The van der Waals surface area contributed by atoms with Crippen LogP contribution in [0, 0.1) is 5.92 Å². The van der Waals surface area contributed by atoms with Gasteiger partial charge in [0.15, 0.2) is 9.84 Å². The fraction of sp³-hybridized carbons (Fsp3) is 0.900. The number of alkyl halides is 1. The summed E-state index contributed by atoms with van der Waals surface area (Å²) < 4.78 is 21.4. The molecule has 0 fully saturated rings. The molecule has 0 aromatic carbocycles. The largest absolute Gasteiger partial charge is 0.354 e. The number of sulfone groups is 1. The van der Waals surface area contributed by atoms with Gasteiger partial charge < -0.3 is 5.32 Å². The maximum Gasteiger partial charge on any atom is 0.240 e. The third-order valence-electron chi connectivity index (χ3n) is 2.69. The molecule has 0 heterocycles. The lowest BCUT2D eigenvalue weighted by Crippen LogP contribution is -2.48. The van der Waals surface area contributed by atoms with Crippen LogP contribution in [-0.2, 0) is 14.6 Å². The topological polar surface area (TPSA) is 63.2 Å². The zero-order chi connectivity index (χ0) is 13.0. The first-order chi connectivity index (χ1) is 7.13. The third kappa shape index (κ3) is 4.41. The van der Waals surface area contributed by atoms with Crippen molar-refractivity contribution in [2.75, 3.05) is 18.1 Å². The molecule has 0 saturated heterocycles. The first-order valence-electron chi connectivity index (χ1n) is 5.16. The minimum atomic E-state index is -3.38. The summed E-state index contributed by atoms with van der Waals surface area (Å²) in [5, 5.41) is 3.55. The minimum absolute atomic E-state index is 0.332. The van der Waals surface area contributed by atoms with Gasteiger partial charge >= 0.3 is 0 Å². The van der Waals surface area contributed by atoms with Crippen molar-refractivity contribution in [2.24, 2.45) is 5.92 Å². The summed E-state index contributed by atoms with van der Waals surface area (Å²) in [6, 6.07) is 0. The van der Waals surface area contributed by atoms with Crippen molar-refractivity contribution in [3.05, 3.63) is 0 Å². The molecular formula is C10H20BrNO3S. The van der Waals surface area contributed by atoms with E-state index in [1.807, 2.05) is 6.92 Å². The van der Waals surface area contributed by atoms with E-state index in [4.69, 9.17) is 0 Å². The molecule has 0 spiro atoms. The van der Waals surface area contributed by atoms with Gasteiger partial charge in [0.2, 0.25) is 5.91 Å². The van der Waals surface area contributed by atoms with E-state index >= 15 is 0 Å². The standard InChI is InChI=1S/C10H20BrNO3S/c1-8(5-6-11)7-12-9(13)10(2,3)16(4,14)15/h8H,5-7H2,1-4H3,(H,12,13). The molecule has 0 aliphatic rings. The Kier molecular flexibility index (Phi) is 5.96. The second kappa shape index (κ2) is 6.00. The van der Waals surface area contributed by atoms with Crippen molar-refractivity contribution in [1.29, 1.82) is 0 Å². The highest BCUT2D eigenvalue weighted by atomic mass is 79.9. The fourth-order valence-electron chi connectivity index (χ4n) is 0.936. The summed E-state index contributed by atoms with van der Waals surface area (Å²) in [6.07, 6.45) is 2.02. The molecule has 1 atom stereocenters. The molecule has 0 aromatic rings. The predicted molar refractivity (Wildman–Crippen MR) is 69.5 cm³/mol. The van der Waals surface area contributed by atoms with Gasteiger partial charge in [0.1, 0.15) is 4.75 Å². The zero-order valence-corrected chi connectivity index (χ0v) is 12.6. The lowest BCUT2D eigenvalue weighted by Gasteiger charge is -2.22. The van der Waals surface area contributed by atoms with Crippen LogP contribution in [0.25, 0.3) is 0 Å². The van der Waals surface area contributed by atoms with E-state index in [-0.39, 0.29) is 0 Å². The van der Waals surface area contributed by atoms with Gasteiger partial charge in [0.25, 0.3) is 0 Å². The molecule has 0 bridgehead atoms. The second-order valence-electron chi connectivity index (χ2n) is 4.58. The molecule has 1 unspecified atom stereocenters. The fourth-order valence-corrected chi connectivity index (χ4v) is 2.13. The van der Waals surface area contributed by atoms with Gasteiger partial charge in [0.05, 0.1) is 0 Å². The number of rotatable bonds is 6. The van der Waals surface area contributed by atoms with Crippen molar-refractivity contribution in [3.63, 3.8) is 0 Å². The van der Waals surface area contributed by atoms with Crippen LogP contribution < -0.4 is 5.32 Å². The minimum Gasteiger partial charge on any atom is -0.354 e. The van der Waals surface area contributed by atoms with Crippen LogP contribution in [-0.4, -0.2) is 37.2 Å². The molecule has 4 nitrogen and oxygen atoms in total. The number of hydrogen-bond acceptors (Lipinski definition) is 3. The number of hydrogen-bond donors (Lipinski definition) is 1. The van der Waals surface area contributed by atoms with Gasteiger partial charge in [-0.3, -0.25) is 4.79 Å². The van der Waals surface area contributed by atoms with Crippen LogP contribution in [0.4, 0.5) is 0 Å². The Morgan fingerprint density at radius 2 is 1.94 bits per heavy atom. The molecule has 0 radical (unpaired) electrons. The molecule has 1 amide bonds. The second-order valence-corrected chi connectivity index (χ2v) is 7.93. The van der Waals surface area contributed by atoms with E-state index < -0.39 is 20.5 Å². The molecule has 0 rings (SSSR count). The third-order valence-corrected chi connectivity index (χ3v) is 5.18. The number of amides is 1. The highest BCUT2D eigenvalue weighted by molar-refractivity contribution is 9.09. The molecule has 6 heteroatoms. The molecular weight excluding hydrogens is 294 g/mol. The molecule has 0 aromatic heterocycles. The van der Waals surface area contributed by atoms with Crippen LogP contribution in [0.15, 0.2) is 0 Å². The number of carbonyl (C=O) groups is 1. The average Bonchev–Trinajstić information content (AvgIpc) is 2.12. The summed E-state index contributed by atoms with van der Waals surface area (Å²) in [5.41, 5.74) is 0. The van der Waals surface area contributed by atoms with Crippen LogP contribution in [0.3, 0.4) is 0 Å². The molecule has 0 aliphatic carbocycles. The Bertz CT molecular complexity index is 338. The predicted octanol–water partition coefficient (Wildman–Crippen LogP) is 1.35. The quantitative estimate of drug-likeness (QED) is 0.753. The lowest BCUT2D eigenvalue weighted by atomic mass is 10.1. The number of halogens is 1. The first kappa shape index (κ1) is 15.9. The maximum atomic E-state index is 11.7. The number of nitrogens with one attached hydrogen (secondary N) is 1. The van der Waals surface area contributed by atoms with E-state index in [1.165, 1.54) is 13.8 Å². The summed E-state index contributed by atoms with van der Waals surface area (Å²) in [5.74, 6) is -0.102. The van der Waals surface area contributed by atoms with E-state index in [9.17, 15) is 13.2 Å². The average molecular weight is 314 g/mol. The highest BCUT2D eigenvalue weighted by Gasteiger charge is 2.38. The first-order valence-corrected chi connectivity index (χ1v) is 8.18. The van der Waals surface area contributed by atoms with Gasteiger partial charge in [-0.15, -0.1) is 0 Å². The van der Waals surface area contributed by atoms with Crippen molar-refractivity contribution < 1.29 is 13.2 Å². The van der Waals surface area contributed by atoms with Crippen molar-refractivity contribution >= 4 is 31.7 Å². The van der Waals surface area contributed by atoms with Crippen molar-refractivity contribution in [3.8, 4) is 0 Å². The van der Waals surface area contributed by atoms with Gasteiger partial charge in [-0.25, -0.2) is 8.42 Å². The summed E-state index contributed by atoms with van der Waals surface area (Å²) in [7, 11) is -3.38. The number of carbonyl (C=O) groups excluding carboxylic acids is 1. The van der Waals surface area contributed by atoms with Crippen LogP contribution in [0.5, 0.6) is 0 Å². The Morgan fingerprint density at radius 1 is 1.44 bits per heavy atom. The van der Waals surface area contributed by atoms with Crippen molar-refractivity contribution in [1.82, 2.24) is 5.32 Å². The van der Waals surface area contributed by atoms with E-state index in [2.05, 4.69) is 21.2 Å². The maximum absolute atomic E-state index is 11.7. The van der Waals surface area contributed by atoms with Crippen LogP contribution in [0.1, 0.15) is 27.2 Å². The van der Waals surface area contributed by atoms with Gasteiger partial charge in [0, 0.05) is 18.1 Å². The van der Waals surface area contributed by atoms with Gasteiger partial charge in [-0.2, -0.15) is 0 Å². The molecule has 96 valence electrons. The Balaban J connectivity index is 4.38. The van der Waals surface area contributed by atoms with Crippen LogP contribution >= 0.6 is 15.9 Å². The van der Waals surface area contributed by atoms with E-state index in [0.29, 0.717) is 12.5 Å². The van der Waals surface area contributed by atoms with E-state index in [0.717, 1.165) is 18.0 Å². The lowest BCUT2D eigenvalue weighted by molar-refractivity contribution is -0.123. The SMILES string of the molecule is CC(CCBr)CNC(=O)C(C)(C)S(C)(=O)=O. The Labute approximate surface area is 106 Å². The summed E-state index contributed by atoms with van der Waals surface area (Å²) in [4.78, 5) is 11.7. The molecule has 0 saturated carbocycles. The molecule has 0 aliphatic heterocycles. The van der Waals surface area contributed by atoms with Gasteiger partial charge in [-0.1, -0.05) is 22.9 Å². The summed E-state index contributed by atoms with van der Waals surface area (Å²) >= 11 is 3.32. The monoisotopic (exact) mass is 313 g/mol. The zero-order valence-electron chi connectivity index (χ0n) is 10.2. The molecule has 1 N–H and O–H groups in total. The summed E-state index contributed by atoms with van der Waals surface area (Å²) in [6.45, 7) is 5.36. The molecule has 16 heavy (non-hydrogen) atoms. The van der Waals surface area contributed by atoms with Gasteiger partial charge in [-0.05, 0) is 26.2 Å².